The molecule has 0 N–H and O–H groups in total. The molecule has 0 unspecified atom stereocenters. The SMILES string of the molecule is COCOc1ccc(B2OC(C)(C)C(C)(C)O2)c(F)c1. The molecule has 1 heterocycles. The van der Waals surface area contributed by atoms with E-state index in [0.717, 1.165) is 0 Å². The van der Waals surface area contributed by atoms with E-state index in [1.54, 1.807) is 12.1 Å². The average molecular weight is 282 g/mol. The summed E-state index contributed by atoms with van der Waals surface area (Å²) in [5, 5.41) is 0. The Kier molecular flexibility index (Phi) is 4.09. The van der Waals surface area contributed by atoms with Gasteiger partial charge in [-0.05, 0) is 33.8 Å². The van der Waals surface area contributed by atoms with E-state index in [1.165, 1.54) is 13.2 Å². The van der Waals surface area contributed by atoms with Crippen LogP contribution in [0.3, 0.4) is 0 Å². The molecule has 0 aromatic heterocycles. The molecular formula is C14H20BFO4. The normalized spacial score (nSPS) is 20.2. The minimum atomic E-state index is -0.712. The second-order valence-electron chi connectivity index (χ2n) is 5.82. The number of hydrogen-bond acceptors (Lipinski definition) is 4. The molecule has 0 saturated carbocycles. The molecular weight excluding hydrogens is 262 g/mol. The third-order valence-electron chi connectivity index (χ3n) is 3.82. The molecule has 1 aromatic rings. The fourth-order valence-corrected chi connectivity index (χ4v) is 1.89. The van der Waals surface area contributed by atoms with Crippen LogP contribution in [0.1, 0.15) is 27.7 Å². The van der Waals surface area contributed by atoms with Gasteiger partial charge in [0.25, 0.3) is 0 Å². The third-order valence-corrected chi connectivity index (χ3v) is 3.82. The Balaban J connectivity index is 2.19. The number of halogens is 1. The Labute approximate surface area is 119 Å². The number of rotatable bonds is 4. The van der Waals surface area contributed by atoms with Gasteiger partial charge in [-0.1, -0.05) is 6.07 Å². The number of hydrogen-bond donors (Lipinski definition) is 0. The van der Waals surface area contributed by atoms with Crippen LogP contribution >= 0.6 is 0 Å². The molecule has 1 saturated heterocycles. The molecule has 110 valence electrons. The van der Waals surface area contributed by atoms with Crippen LogP contribution in [-0.4, -0.2) is 32.2 Å². The Morgan fingerprint density at radius 3 is 2.25 bits per heavy atom. The van der Waals surface area contributed by atoms with Gasteiger partial charge < -0.3 is 18.8 Å². The van der Waals surface area contributed by atoms with Crippen LogP contribution < -0.4 is 10.2 Å². The third kappa shape index (κ3) is 2.82. The van der Waals surface area contributed by atoms with Crippen molar-refractivity contribution in [2.45, 2.75) is 38.9 Å². The van der Waals surface area contributed by atoms with Gasteiger partial charge in [-0.2, -0.15) is 0 Å². The van der Waals surface area contributed by atoms with Crippen LogP contribution in [0.5, 0.6) is 5.75 Å². The topological polar surface area (TPSA) is 36.9 Å². The molecule has 4 nitrogen and oxygen atoms in total. The smallest absolute Gasteiger partial charge is 0.467 e. The fourth-order valence-electron chi connectivity index (χ4n) is 1.89. The maximum absolute atomic E-state index is 14.2. The molecule has 0 spiro atoms. The van der Waals surface area contributed by atoms with Crippen molar-refractivity contribution in [2.24, 2.45) is 0 Å². The van der Waals surface area contributed by atoms with Crippen LogP contribution in [0.4, 0.5) is 4.39 Å². The van der Waals surface area contributed by atoms with Crippen LogP contribution in [0.25, 0.3) is 0 Å². The van der Waals surface area contributed by atoms with Crippen molar-refractivity contribution >= 4 is 12.6 Å². The Morgan fingerprint density at radius 2 is 1.75 bits per heavy atom. The first kappa shape index (κ1) is 15.3. The maximum atomic E-state index is 14.2. The summed E-state index contributed by atoms with van der Waals surface area (Å²) in [6.07, 6.45) is 0. The summed E-state index contributed by atoms with van der Waals surface area (Å²) in [5.41, 5.74) is -0.613. The van der Waals surface area contributed by atoms with Gasteiger partial charge in [0.1, 0.15) is 11.6 Å². The number of ether oxygens (including phenoxy) is 2. The molecule has 1 aliphatic rings. The Hall–Kier alpha value is -1.11. The predicted molar refractivity (Wildman–Crippen MR) is 74.6 cm³/mol. The molecule has 1 aliphatic heterocycles. The summed E-state index contributed by atoms with van der Waals surface area (Å²) in [4.78, 5) is 0. The van der Waals surface area contributed by atoms with Crippen molar-refractivity contribution in [1.82, 2.24) is 0 Å². The molecule has 0 bridgehead atoms. The van der Waals surface area contributed by atoms with E-state index in [1.807, 2.05) is 27.7 Å². The van der Waals surface area contributed by atoms with Crippen LogP contribution in [-0.2, 0) is 14.0 Å². The van der Waals surface area contributed by atoms with Gasteiger partial charge in [0.2, 0.25) is 0 Å². The molecule has 6 heteroatoms. The summed E-state index contributed by atoms with van der Waals surface area (Å²) >= 11 is 0. The van der Waals surface area contributed by atoms with E-state index >= 15 is 0 Å². The van der Waals surface area contributed by atoms with E-state index in [4.69, 9.17) is 18.8 Å². The monoisotopic (exact) mass is 282 g/mol. The van der Waals surface area contributed by atoms with E-state index in [9.17, 15) is 4.39 Å². The second-order valence-corrected chi connectivity index (χ2v) is 5.82. The highest BCUT2D eigenvalue weighted by atomic mass is 19.1. The van der Waals surface area contributed by atoms with Crippen molar-refractivity contribution in [3.63, 3.8) is 0 Å². The zero-order valence-corrected chi connectivity index (χ0v) is 12.5. The van der Waals surface area contributed by atoms with E-state index in [2.05, 4.69) is 0 Å². The van der Waals surface area contributed by atoms with Gasteiger partial charge in [-0.15, -0.1) is 0 Å². The molecule has 0 atom stereocenters. The molecule has 1 aromatic carbocycles. The zero-order chi connectivity index (χ0) is 15.0. The summed E-state index contributed by atoms with van der Waals surface area (Å²) in [5.74, 6) is -0.0123. The minimum absolute atomic E-state index is 0.0786. The van der Waals surface area contributed by atoms with Crippen LogP contribution in [0.15, 0.2) is 18.2 Å². The lowest BCUT2D eigenvalue weighted by Crippen LogP contribution is -2.41. The number of benzene rings is 1. The standard InChI is InChI=1S/C14H20BFO4/c1-13(2)14(3,4)20-15(19-13)11-7-6-10(8-12(11)16)18-9-17-5/h6-8H,9H2,1-5H3. The van der Waals surface area contributed by atoms with Gasteiger partial charge in [0.15, 0.2) is 6.79 Å². The first-order valence-corrected chi connectivity index (χ1v) is 6.54. The first-order valence-electron chi connectivity index (χ1n) is 6.54. The summed E-state index contributed by atoms with van der Waals surface area (Å²) in [6, 6.07) is 4.59. The highest BCUT2D eigenvalue weighted by Crippen LogP contribution is 2.36. The number of methoxy groups -OCH3 is 1. The van der Waals surface area contributed by atoms with E-state index in [-0.39, 0.29) is 6.79 Å². The van der Waals surface area contributed by atoms with Gasteiger partial charge in [0.05, 0.1) is 11.2 Å². The van der Waals surface area contributed by atoms with Gasteiger partial charge in [-0.3, -0.25) is 0 Å². The van der Waals surface area contributed by atoms with Crippen molar-refractivity contribution < 1.29 is 23.2 Å². The van der Waals surface area contributed by atoms with Gasteiger partial charge >= 0.3 is 7.12 Å². The lowest BCUT2D eigenvalue weighted by molar-refractivity contribution is 0.00578. The Bertz CT molecular complexity index is 474. The van der Waals surface area contributed by atoms with Gasteiger partial charge in [0, 0.05) is 18.6 Å². The highest BCUT2D eigenvalue weighted by Gasteiger charge is 2.52. The second kappa shape index (κ2) is 5.35. The zero-order valence-electron chi connectivity index (χ0n) is 12.5. The predicted octanol–water partition coefficient (Wildman–Crippen LogP) is 2.11. The van der Waals surface area contributed by atoms with E-state index < -0.39 is 24.1 Å². The van der Waals surface area contributed by atoms with Crippen molar-refractivity contribution in [3.05, 3.63) is 24.0 Å². The Morgan fingerprint density at radius 1 is 1.15 bits per heavy atom. The molecule has 20 heavy (non-hydrogen) atoms. The lowest BCUT2D eigenvalue weighted by atomic mass is 9.78. The first-order chi connectivity index (χ1) is 9.27. The molecule has 0 amide bonds. The minimum Gasteiger partial charge on any atom is -0.467 e. The quantitative estimate of drug-likeness (QED) is 0.626. The van der Waals surface area contributed by atoms with Crippen LogP contribution in [0.2, 0.25) is 0 Å². The summed E-state index contributed by atoms with van der Waals surface area (Å²) in [7, 11) is 0.797. The van der Waals surface area contributed by atoms with Crippen molar-refractivity contribution in [2.75, 3.05) is 13.9 Å². The molecule has 0 radical (unpaired) electrons. The summed E-state index contributed by atoms with van der Waals surface area (Å²) < 4.78 is 35.8. The van der Waals surface area contributed by atoms with Crippen LogP contribution in [0, 0.1) is 5.82 Å². The van der Waals surface area contributed by atoms with Crippen molar-refractivity contribution in [1.29, 1.82) is 0 Å². The largest absolute Gasteiger partial charge is 0.497 e. The highest BCUT2D eigenvalue weighted by molar-refractivity contribution is 6.62. The average Bonchev–Trinajstić information content (AvgIpc) is 2.55. The van der Waals surface area contributed by atoms with Crippen molar-refractivity contribution in [3.8, 4) is 5.75 Å². The molecule has 1 fully saturated rings. The summed E-state index contributed by atoms with van der Waals surface area (Å²) in [6.45, 7) is 7.80. The maximum Gasteiger partial charge on any atom is 0.497 e. The molecule has 2 rings (SSSR count). The lowest BCUT2D eigenvalue weighted by Gasteiger charge is -2.32. The fraction of sp³-hybridized carbons (Fsp3) is 0.571. The molecule has 0 aliphatic carbocycles. The van der Waals surface area contributed by atoms with Gasteiger partial charge in [-0.25, -0.2) is 4.39 Å². The van der Waals surface area contributed by atoms with E-state index in [0.29, 0.717) is 11.2 Å².